The van der Waals surface area contributed by atoms with Crippen LogP contribution in [-0.4, -0.2) is 18.5 Å². The summed E-state index contributed by atoms with van der Waals surface area (Å²) >= 11 is 0. The Morgan fingerprint density at radius 1 is 1.13 bits per heavy atom. The van der Waals surface area contributed by atoms with E-state index >= 15 is 0 Å². The minimum atomic E-state index is -0.606. The predicted molar refractivity (Wildman–Crippen MR) is 118 cm³/mol. The summed E-state index contributed by atoms with van der Waals surface area (Å²) in [6, 6.07) is 14.4. The van der Waals surface area contributed by atoms with Gasteiger partial charge in [-0.2, -0.15) is 5.26 Å². The van der Waals surface area contributed by atoms with Crippen LogP contribution in [0.3, 0.4) is 0 Å². The van der Waals surface area contributed by atoms with Crippen LogP contribution in [-0.2, 0) is 16.0 Å². The van der Waals surface area contributed by atoms with E-state index in [2.05, 4.69) is 10.6 Å². The van der Waals surface area contributed by atoms with Gasteiger partial charge in [-0.05, 0) is 43.0 Å². The zero-order chi connectivity index (χ0) is 21.9. The Kier molecular flexibility index (Phi) is 8.64. The van der Waals surface area contributed by atoms with Gasteiger partial charge in [-0.1, -0.05) is 50.6 Å². The number of benzene rings is 2. The van der Waals surface area contributed by atoms with E-state index in [1.54, 1.807) is 24.3 Å². The van der Waals surface area contributed by atoms with E-state index < -0.39 is 11.9 Å². The summed E-state index contributed by atoms with van der Waals surface area (Å²) in [6.45, 7) is 6.33. The highest BCUT2D eigenvalue weighted by molar-refractivity contribution is 6.09. The molecule has 0 radical (unpaired) electrons. The zero-order valence-electron chi connectivity index (χ0n) is 17.6. The van der Waals surface area contributed by atoms with Crippen molar-refractivity contribution in [2.45, 2.75) is 40.0 Å². The molecule has 0 spiro atoms. The lowest BCUT2D eigenvalue weighted by molar-refractivity contribution is -0.112. The van der Waals surface area contributed by atoms with Crippen molar-refractivity contribution >= 4 is 23.3 Å². The summed E-state index contributed by atoms with van der Waals surface area (Å²) in [7, 11) is 0. The molecule has 0 aliphatic heterocycles. The maximum Gasteiger partial charge on any atom is 0.340 e. The number of para-hydroxylation sites is 2. The molecule has 30 heavy (non-hydrogen) atoms. The second kappa shape index (κ2) is 11.4. The molecule has 0 bridgehead atoms. The van der Waals surface area contributed by atoms with Crippen molar-refractivity contribution in [2.24, 2.45) is 0 Å². The highest BCUT2D eigenvalue weighted by atomic mass is 16.5. The van der Waals surface area contributed by atoms with Gasteiger partial charge in [0.05, 0.1) is 17.9 Å². The lowest BCUT2D eigenvalue weighted by Crippen LogP contribution is -2.18. The summed E-state index contributed by atoms with van der Waals surface area (Å²) in [6.07, 6.45) is 3.89. The van der Waals surface area contributed by atoms with E-state index in [0.717, 1.165) is 36.1 Å². The van der Waals surface area contributed by atoms with Gasteiger partial charge < -0.3 is 15.4 Å². The fraction of sp³-hybridized carbons (Fsp3) is 0.292. The molecule has 0 aliphatic rings. The highest BCUT2D eigenvalue weighted by Gasteiger charge is 2.16. The third-order valence-electron chi connectivity index (χ3n) is 4.59. The summed E-state index contributed by atoms with van der Waals surface area (Å²) in [4.78, 5) is 25.0. The number of unbranched alkanes of at least 4 members (excludes halogenated alkanes) is 1. The second-order valence-electron chi connectivity index (χ2n) is 6.77. The Labute approximate surface area is 177 Å². The van der Waals surface area contributed by atoms with Gasteiger partial charge in [-0.15, -0.1) is 0 Å². The molecule has 0 aliphatic carbocycles. The number of esters is 1. The third kappa shape index (κ3) is 5.95. The van der Waals surface area contributed by atoms with Gasteiger partial charge in [0, 0.05) is 11.9 Å². The SMILES string of the molecule is CCCCOC(=O)c1ccccc1NC(=O)/C(C#N)=C\Nc1c(C)cccc1CC. The molecule has 6 heteroatoms. The van der Waals surface area contributed by atoms with Crippen molar-refractivity contribution in [1.82, 2.24) is 0 Å². The molecule has 1 amide bonds. The smallest absolute Gasteiger partial charge is 0.340 e. The van der Waals surface area contributed by atoms with Crippen LogP contribution >= 0.6 is 0 Å². The number of ether oxygens (including phenoxy) is 1. The van der Waals surface area contributed by atoms with Crippen LogP contribution in [0.4, 0.5) is 11.4 Å². The standard InChI is InChI=1S/C24H27N3O3/c1-4-6-14-30-24(29)20-12-7-8-13-21(20)27-23(28)19(15-25)16-26-22-17(3)10-9-11-18(22)5-2/h7-13,16,26H,4-6,14H2,1-3H3,(H,27,28)/b19-16-. The molecule has 0 unspecified atom stereocenters. The first-order chi connectivity index (χ1) is 14.5. The van der Waals surface area contributed by atoms with Crippen LogP contribution < -0.4 is 10.6 Å². The van der Waals surface area contributed by atoms with E-state index in [1.807, 2.05) is 45.0 Å². The first kappa shape index (κ1) is 22.7. The number of aryl methyl sites for hydroxylation is 2. The minimum Gasteiger partial charge on any atom is -0.462 e. The topological polar surface area (TPSA) is 91.2 Å². The number of anilines is 2. The van der Waals surface area contributed by atoms with Crippen LogP contribution in [0.25, 0.3) is 0 Å². The van der Waals surface area contributed by atoms with E-state index in [1.165, 1.54) is 6.20 Å². The highest BCUT2D eigenvalue weighted by Crippen LogP contribution is 2.22. The fourth-order valence-electron chi connectivity index (χ4n) is 2.87. The Balaban J connectivity index is 2.18. The maximum absolute atomic E-state index is 12.6. The first-order valence-corrected chi connectivity index (χ1v) is 10.0. The number of carbonyl (C=O) groups is 2. The summed E-state index contributed by atoms with van der Waals surface area (Å²) in [5.41, 5.74) is 3.43. The molecule has 0 fully saturated rings. The molecule has 0 saturated carbocycles. The van der Waals surface area contributed by atoms with E-state index in [9.17, 15) is 14.9 Å². The van der Waals surface area contributed by atoms with Gasteiger partial charge in [0.1, 0.15) is 11.6 Å². The van der Waals surface area contributed by atoms with Gasteiger partial charge >= 0.3 is 5.97 Å². The van der Waals surface area contributed by atoms with Crippen molar-refractivity contribution in [3.63, 3.8) is 0 Å². The molecule has 2 aromatic carbocycles. The molecule has 0 aromatic heterocycles. The third-order valence-corrected chi connectivity index (χ3v) is 4.59. The lowest BCUT2D eigenvalue weighted by Gasteiger charge is -2.12. The van der Waals surface area contributed by atoms with Crippen LogP contribution in [0.15, 0.2) is 54.2 Å². The molecule has 0 atom stereocenters. The number of hydrogen-bond acceptors (Lipinski definition) is 5. The van der Waals surface area contributed by atoms with Gasteiger partial charge in [0.25, 0.3) is 5.91 Å². The summed E-state index contributed by atoms with van der Waals surface area (Å²) < 4.78 is 5.24. The quantitative estimate of drug-likeness (QED) is 0.266. The molecule has 156 valence electrons. The number of rotatable bonds is 9. The van der Waals surface area contributed by atoms with Crippen LogP contribution in [0.5, 0.6) is 0 Å². The van der Waals surface area contributed by atoms with Crippen LogP contribution in [0.1, 0.15) is 48.2 Å². The Morgan fingerprint density at radius 3 is 2.60 bits per heavy atom. The zero-order valence-corrected chi connectivity index (χ0v) is 17.6. The molecule has 6 nitrogen and oxygen atoms in total. The molecule has 2 N–H and O–H groups in total. The number of nitriles is 1. The van der Waals surface area contributed by atoms with Crippen molar-refractivity contribution in [3.8, 4) is 6.07 Å². The normalized spacial score (nSPS) is 10.8. The summed E-state index contributed by atoms with van der Waals surface area (Å²) in [5.74, 6) is -1.11. The Hall–Kier alpha value is -3.59. The van der Waals surface area contributed by atoms with Gasteiger partial charge in [0.15, 0.2) is 0 Å². The predicted octanol–water partition coefficient (Wildman–Crippen LogP) is 4.97. The van der Waals surface area contributed by atoms with Crippen LogP contribution in [0.2, 0.25) is 0 Å². The van der Waals surface area contributed by atoms with Gasteiger partial charge in [-0.3, -0.25) is 4.79 Å². The van der Waals surface area contributed by atoms with Crippen molar-refractivity contribution in [1.29, 1.82) is 5.26 Å². The van der Waals surface area contributed by atoms with Gasteiger partial charge in [0.2, 0.25) is 0 Å². The number of nitrogens with one attached hydrogen (secondary N) is 2. The number of carbonyl (C=O) groups excluding carboxylic acids is 2. The average Bonchev–Trinajstić information content (AvgIpc) is 2.75. The maximum atomic E-state index is 12.6. The van der Waals surface area contributed by atoms with Crippen molar-refractivity contribution in [3.05, 3.63) is 70.9 Å². The van der Waals surface area contributed by atoms with Crippen LogP contribution in [0, 0.1) is 18.3 Å². The second-order valence-corrected chi connectivity index (χ2v) is 6.77. The summed E-state index contributed by atoms with van der Waals surface area (Å²) in [5, 5.41) is 15.2. The van der Waals surface area contributed by atoms with Crippen molar-refractivity contribution in [2.75, 3.05) is 17.2 Å². The van der Waals surface area contributed by atoms with Gasteiger partial charge in [-0.25, -0.2) is 4.79 Å². The monoisotopic (exact) mass is 405 g/mol. The largest absolute Gasteiger partial charge is 0.462 e. The number of hydrogen-bond donors (Lipinski definition) is 2. The van der Waals surface area contributed by atoms with E-state index in [0.29, 0.717) is 12.3 Å². The fourth-order valence-corrected chi connectivity index (χ4v) is 2.87. The molecular weight excluding hydrogens is 378 g/mol. The minimum absolute atomic E-state index is 0.102. The van der Waals surface area contributed by atoms with E-state index in [4.69, 9.17) is 4.74 Å². The first-order valence-electron chi connectivity index (χ1n) is 10.0. The Bertz CT molecular complexity index is 974. The average molecular weight is 405 g/mol. The molecule has 0 heterocycles. The lowest BCUT2D eigenvalue weighted by atomic mass is 10.1. The molecular formula is C24H27N3O3. The molecule has 2 rings (SSSR count). The molecule has 2 aromatic rings. The van der Waals surface area contributed by atoms with E-state index in [-0.39, 0.29) is 11.1 Å². The number of amides is 1. The number of nitrogens with zero attached hydrogens (tertiary/aromatic N) is 1. The molecule has 0 saturated heterocycles. The Morgan fingerprint density at radius 2 is 1.90 bits per heavy atom. The van der Waals surface area contributed by atoms with Crippen molar-refractivity contribution < 1.29 is 14.3 Å².